The summed E-state index contributed by atoms with van der Waals surface area (Å²) < 4.78 is 12.0. The van der Waals surface area contributed by atoms with Crippen molar-refractivity contribution in [2.24, 2.45) is 11.1 Å². The van der Waals surface area contributed by atoms with E-state index >= 15 is 0 Å². The number of ketones is 2. The van der Waals surface area contributed by atoms with E-state index in [9.17, 15) is 24.0 Å². The monoisotopic (exact) mass is 682 g/mol. The molecule has 0 fully saturated rings. The second-order valence-corrected chi connectivity index (χ2v) is 12.4. The lowest BCUT2D eigenvalue weighted by molar-refractivity contribution is -0.161. The first-order chi connectivity index (χ1) is 24.1. The molecule has 4 aromatic rings. The number of rotatable bonds is 17. The molecule has 1 aromatic heterocycles. The van der Waals surface area contributed by atoms with Crippen molar-refractivity contribution in [3.05, 3.63) is 77.4 Å². The van der Waals surface area contributed by atoms with Gasteiger partial charge in [-0.05, 0) is 92.8 Å². The number of benzene rings is 3. The average molecular weight is 683 g/mol. The number of ether oxygens (including phenoxy) is 2. The molecule has 10 nitrogen and oxygen atoms in total. The Morgan fingerprint density at radius 1 is 0.740 bits per heavy atom. The molecule has 0 aliphatic rings. The molecule has 0 radical (unpaired) electrons. The van der Waals surface area contributed by atoms with Crippen LogP contribution in [-0.2, 0) is 30.5 Å². The summed E-state index contributed by atoms with van der Waals surface area (Å²) in [5.41, 5.74) is 3.32. The van der Waals surface area contributed by atoms with Gasteiger partial charge in [0.15, 0.2) is 5.78 Å². The predicted octanol–water partition coefficient (Wildman–Crippen LogP) is 8.39. The van der Waals surface area contributed by atoms with Crippen LogP contribution in [0.4, 0.5) is 0 Å². The van der Waals surface area contributed by atoms with Gasteiger partial charge in [-0.25, -0.2) is 14.4 Å². The minimum Gasteiger partial charge on any atom is -0.458 e. The largest absolute Gasteiger partial charge is 0.458 e. The number of nitrogens with zero attached hydrogens (tertiary/aromatic N) is 2. The number of carbonyl (C=O) groups excluding carboxylic acids is 5. The third-order valence-corrected chi connectivity index (χ3v) is 8.71. The minimum atomic E-state index is -1.14. The number of oxime groups is 1. The molecule has 10 heteroatoms. The van der Waals surface area contributed by atoms with E-state index in [4.69, 9.17) is 9.57 Å². The Kier molecular flexibility index (Phi) is 13.6. The summed E-state index contributed by atoms with van der Waals surface area (Å²) >= 11 is 0. The van der Waals surface area contributed by atoms with Crippen LogP contribution in [0.2, 0.25) is 0 Å². The minimum absolute atomic E-state index is 0.0461. The van der Waals surface area contributed by atoms with Gasteiger partial charge in [0, 0.05) is 52.0 Å². The molecule has 0 N–H and O–H groups in total. The molecule has 4 rings (SSSR count). The van der Waals surface area contributed by atoms with Gasteiger partial charge in [0.2, 0.25) is 5.78 Å². The number of unbranched alkanes of at least 4 members (excludes halogenated alkanes) is 3. The van der Waals surface area contributed by atoms with Crippen LogP contribution in [0.1, 0.15) is 112 Å². The molecular formula is C40H46N2O8. The van der Waals surface area contributed by atoms with Crippen molar-refractivity contribution >= 4 is 57.0 Å². The number of Topliss-reactive ketones (excluding diaryl/α,β-unsaturated/α-hetero) is 1. The summed E-state index contributed by atoms with van der Waals surface area (Å²) in [4.78, 5) is 67.5. The first-order valence-electron chi connectivity index (χ1n) is 17.5. The highest BCUT2D eigenvalue weighted by Gasteiger charge is 2.22. The van der Waals surface area contributed by atoms with E-state index in [1.165, 1.54) is 31.2 Å². The molecule has 0 aliphatic heterocycles. The number of carbonyl (C=O) groups is 5. The lowest BCUT2D eigenvalue weighted by Crippen LogP contribution is -2.22. The van der Waals surface area contributed by atoms with Crippen molar-refractivity contribution in [2.45, 2.75) is 92.5 Å². The van der Waals surface area contributed by atoms with E-state index in [2.05, 4.69) is 35.2 Å². The smallest absolute Gasteiger partial charge is 0.422 e. The zero-order valence-electron chi connectivity index (χ0n) is 29.6. The van der Waals surface area contributed by atoms with Gasteiger partial charge >= 0.3 is 17.9 Å². The highest BCUT2D eigenvalue weighted by molar-refractivity contribution is 6.46. The lowest BCUT2D eigenvalue weighted by Gasteiger charge is -2.17. The van der Waals surface area contributed by atoms with Gasteiger partial charge in [-0.1, -0.05) is 58.0 Å². The molecule has 0 amide bonds. The summed E-state index contributed by atoms with van der Waals surface area (Å²) in [6.45, 7) is 10.1. The van der Waals surface area contributed by atoms with Crippen LogP contribution in [0.3, 0.4) is 0 Å². The number of hydrogen-bond donors (Lipinski definition) is 0. The van der Waals surface area contributed by atoms with Crippen LogP contribution < -0.4 is 4.74 Å². The Morgan fingerprint density at radius 2 is 1.36 bits per heavy atom. The predicted molar refractivity (Wildman–Crippen MR) is 193 cm³/mol. The quantitative estimate of drug-likeness (QED) is 0.0159. The van der Waals surface area contributed by atoms with Crippen LogP contribution in [0, 0.1) is 5.92 Å². The molecule has 0 bridgehead atoms. The summed E-state index contributed by atoms with van der Waals surface area (Å²) in [5.74, 6) is -2.83. The maximum absolute atomic E-state index is 13.8. The van der Waals surface area contributed by atoms with E-state index in [0.717, 1.165) is 73.3 Å². The van der Waals surface area contributed by atoms with Crippen molar-refractivity contribution in [3.8, 4) is 5.75 Å². The second kappa shape index (κ2) is 18.0. The molecule has 264 valence electrons. The lowest BCUT2D eigenvalue weighted by atomic mass is 9.98. The molecule has 0 spiro atoms. The summed E-state index contributed by atoms with van der Waals surface area (Å²) in [7, 11) is 0. The normalized spacial score (nSPS) is 12.1. The molecule has 50 heavy (non-hydrogen) atoms. The average Bonchev–Trinajstić information content (AvgIpc) is 3.42. The van der Waals surface area contributed by atoms with Crippen LogP contribution in [0.5, 0.6) is 5.75 Å². The number of fused-ring (bicyclic) bond motifs is 3. The molecular weight excluding hydrogens is 636 g/mol. The van der Waals surface area contributed by atoms with E-state index in [1.807, 2.05) is 24.3 Å². The standard InChI is InChI=1S/C40H46N2O8/c1-6-10-12-14-34(41-50-26(5)43)38(45)30-18-22-36-33(24-30)32-23-29(17-21-35(32)42(36)25-27(8-3)13-11-7-2)37(44)28-15-19-31(20-16-28)49-40(47)39(46)48-9-4/h15-24,27H,6-14,25H2,1-5H3/b41-34+. The molecule has 1 atom stereocenters. The highest BCUT2D eigenvalue weighted by Crippen LogP contribution is 2.33. The fraction of sp³-hybridized carbons (Fsp3) is 0.400. The van der Waals surface area contributed by atoms with Gasteiger partial charge in [-0.3, -0.25) is 9.59 Å². The Morgan fingerprint density at radius 3 is 1.96 bits per heavy atom. The van der Waals surface area contributed by atoms with Gasteiger partial charge in [0.1, 0.15) is 11.5 Å². The molecule has 0 saturated carbocycles. The van der Waals surface area contributed by atoms with Gasteiger partial charge in [0.25, 0.3) is 0 Å². The maximum Gasteiger partial charge on any atom is 0.422 e. The third-order valence-electron chi connectivity index (χ3n) is 8.71. The van der Waals surface area contributed by atoms with E-state index in [0.29, 0.717) is 29.0 Å². The number of aromatic nitrogens is 1. The SMILES string of the molecule is CCCCC/C(=N\OC(C)=O)C(=O)c1ccc2c(c1)c1cc(C(=O)c3ccc(OC(=O)C(=O)OCC)cc3)ccc1n2CC(CC)CCCC. The van der Waals surface area contributed by atoms with Gasteiger partial charge in [-0.2, -0.15) is 0 Å². The molecule has 0 saturated heterocycles. The van der Waals surface area contributed by atoms with Gasteiger partial charge < -0.3 is 18.9 Å². The van der Waals surface area contributed by atoms with Gasteiger partial charge in [-0.15, -0.1) is 0 Å². The summed E-state index contributed by atoms with van der Waals surface area (Å²) in [5, 5.41) is 5.58. The van der Waals surface area contributed by atoms with Crippen molar-refractivity contribution in [2.75, 3.05) is 6.61 Å². The Balaban J connectivity index is 1.76. The molecule has 3 aromatic carbocycles. The van der Waals surface area contributed by atoms with Crippen molar-refractivity contribution in [3.63, 3.8) is 0 Å². The van der Waals surface area contributed by atoms with Crippen LogP contribution in [-0.4, -0.2) is 46.4 Å². The summed E-state index contributed by atoms with van der Waals surface area (Å²) in [6, 6.07) is 17.1. The van der Waals surface area contributed by atoms with Crippen molar-refractivity contribution in [1.82, 2.24) is 4.57 Å². The highest BCUT2D eigenvalue weighted by atomic mass is 16.7. The zero-order valence-corrected chi connectivity index (χ0v) is 29.6. The maximum atomic E-state index is 13.8. The fourth-order valence-electron chi connectivity index (χ4n) is 5.97. The summed E-state index contributed by atoms with van der Waals surface area (Å²) in [6.07, 6.45) is 7.36. The number of esters is 2. The molecule has 0 aliphatic carbocycles. The second-order valence-electron chi connectivity index (χ2n) is 12.4. The van der Waals surface area contributed by atoms with Gasteiger partial charge in [0.05, 0.1) is 6.61 Å². The molecule has 1 unspecified atom stereocenters. The van der Waals surface area contributed by atoms with Crippen LogP contribution in [0.25, 0.3) is 21.8 Å². The zero-order chi connectivity index (χ0) is 36.2. The Bertz CT molecular complexity index is 1890. The van der Waals surface area contributed by atoms with Crippen molar-refractivity contribution in [1.29, 1.82) is 0 Å². The number of hydrogen-bond acceptors (Lipinski definition) is 9. The third kappa shape index (κ3) is 9.31. The molecule has 1 heterocycles. The van der Waals surface area contributed by atoms with E-state index < -0.39 is 17.9 Å². The Hall–Kier alpha value is -5.12. The first-order valence-corrected chi connectivity index (χ1v) is 17.5. The van der Waals surface area contributed by atoms with Crippen LogP contribution in [0.15, 0.2) is 65.8 Å². The van der Waals surface area contributed by atoms with Crippen molar-refractivity contribution < 1.29 is 38.3 Å². The van der Waals surface area contributed by atoms with Crippen LogP contribution >= 0.6 is 0 Å². The first kappa shape index (κ1) is 37.7. The Labute approximate surface area is 292 Å². The van der Waals surface area contributed by atoms with E-state index in [1.54, 1.807) is 19.1 Å². The fourth-order valence-corrected chi connectivity index (χ4v) is 5.97. The van der Waals surface area contributed by atoms with E-state index in [-0.39, 0.29) is 29.6 Å². The topological polar surface area (TPSA) is 130 Å².